The van der Waals surface area contributed by atoms with E-state index in [2.05, 4.69) is 10.3 Å². The first-order valence-electron chi connectivity index (χ1n) is 12.5. The van der Waals surface area contributed by atoms with Crippen LogP contribution in [-0.4, -0.2) is 28.8 Å². The molecule has 0 saturated carbocycles. The second-order valence-electron chi connectivity index (χ2n) is 9.32. The highest BCUT2D eigenvalue weighted by Gasteiger charge is 2.44. The van der Waals surface area contributed by atoms with Crippen LogP contribution in [-0.2, 0) is 11.3 Å². The number of aromatic nitrogens is 1. The smallest absolute Gasteiger partial charge is 0.255 e. The highest BCUT2D eigenvalue weighted by molar-refractivity contribution is 7.22. The summed E-state index contributed by atoms with van der Waals surface area (Å²) in [4.78, 5) is 34.3. The van der Waals surface area contributed by atoms with Crippen LogP contribution in [0, 0.1) is 5.82 Å². The molecule has 5 aromatic rings. The third kappa shape index (κ3) is 4.75. The van der Waals surface area contributed by atoms with Gasteiger partial charge in [-0.25, -0.2) is 9.37 Å². The van der Waals surface area contributed by atoms with E-state index in [1.807, 2.05) is 60.7 Å². The van der Waals surface area contributed by atoms with Crippen LogP contribution in [0.5, 0.6) is 5.75 Å². The predicted octanol–water partition coefficient (Wildman–Crippen LogP) is 6.56. The summed E-state index contributed by atoms with van der Waals surface area (Å²) >= 11 is 1.40. The van der Waals surface area contributed by atoms with Crippen molar-refractivity contribution in [3.05, 3.63) is 125 Å². The summed E-state index contributed by atoms with van der Waals surface area (Å²) in [5, 5.41) is 3.52. The van der Waals surface area contributed by atoms with Crippen LogP contribution in [0.25, 0.3) is 10.2 Å². The van der Waals surface area contributed by atoms with Gasteiger partial charge in [0.15, 0.2) is 5.13 Å². The van der Waals surface area contributed by atoms with Crippen molar-refractivity contribution in [1.29, 1.82) is 0 Å². The molecule has 0 saturated heterocycles. The molecule has 2 heterocycles. The maximum atomic E-state index is 14.1. The Balaban J connectivity index is 1.46. The SMILES string of the molecule is COc1ccc([C@H]2[C@@H](C(=O)Nc3nc4ccccc4s3)c3ccccc3C(=O)N2Cc2ccc(F)cc2)cc1. The molecule has 0 aliphatic carbocycles. The van der Waals surface area contributed by atoms with Crippen molar-refractivity contribution in [1.82, 2.24) is 9.88 Å². The minimum atomic E-state index is -0.722. The van der Waals surface area contributed by atoms with E-state index in [0.717, 1.165) is 21.3 Å². The highest BCUT2D eigenvalue weighted by atomic mass is 32.1. The van der Waals surface area contributed by atoms with Crippen molar-refractivity contribution < 1.29 is 18.7 Å². The molecule has 194 valence electrons. The van der Waals surface area contributed by atoms with Crippen LogP contribution in [0.4, 0.5) is 9.52 Å². The topological polar surface area (TPSA) is 71.5 Å². The summed E-state index contributed by atoms with van der Waals surface area (Å²) in [6.45, 7) is 0.203. The molecule has 6 rings (SSSR count). The fourth-order valence-electron chi connectivity index (χ4n) is 5.12. The average Bonchev–Trinajstić information content (AvgIpc) is 3.37. The Labute approximate surface area is 228 Å². The van der Waals surface area contributed by atoms with E-state index >= 15 is 0 Å². The molecule has 8 heteroatoms. The van der Waals surface area contributed by atoms with Gasteiger partial charge in [-0.3, -0.25) is 9.59 Å². The second-order valence-corrected chi connectivity index (χ2v) is 10.3. The standard InChI is InChI=1S/C31H24FN3O3S/c1-38-22-16-12-20(13-17-22)28-27(29(36)34-31-33-25-8-4-5-9-26(25)39-31)23-6-2-3-7-24(23)30(37)35(28)18-19-10-14-21(32)15-11-19/h2-17,27-28H,18H2,1H3,(H,33,34,36)/t27-,28-/m0/s1. The summed E-state index contributed by atoms with van der Waals surface area (Å²) in [5.41, 5.74) is 3.46. The number of para-hydroxylation sites is 1. The minimum absolute atomic E-state index is 0.195. The van der Waals surface area contributed by atoms with Crippen LogP contribution in [0.3, 0.4) is 0 Å². The number of anilines is 1. The van der Waals surface area contributed by atoms with Gasteiger partial charge >= 0.3 is 0 Å². The van der Waals surface area contributed by atoms with E-state index in [0.29, 0.717) is 22.0 Å². The molecule has 2 atom stereocenters. The van der Waals surface area contributed by atoms with Gasteiger partial charge in [-0.05, 0) is 59.2 Å². The molecule has 1 aliphatic heterocycles. The fraction of sp³-hybridized carbons (Fsp3) is 0.129. The Morgan fingerprint density at radius 2 is 1.69 bits per heavy atom. The van der Waals surface area contributed by atoms with Crippen molar-refractivity contribution in [2.45, 2.75) is 18.5 Å². The molecule has 39 heavy (non-hydrogen) atoms. The first-order chi connectivity index (χ1) is 19.0. The van der Waals surface area contributed by atoms with Crippen LogP contribution < -0.4 is 10.1 Å². The molecule has 1 N–H and O–H groups in total. The number of amides is 2. The third-order valence-electron chi connectivity index (χ3n) is 6.97. The number of nitrogens with zero attached hydrogens (tertiary/aromatic N) is 2. The van der Waals surface area contributed by atoms with E-state index in [-0.39, 0.29) is 24.2 Å². The Morgan fingerprint density at radius 3 is 2.44 bits per heavy atom. The van der Waals surface area contributed by atoms with Crippen LogP contribution >= 0.6 is 11.3 Å². The van der Waals surface area contributed by atoms with Crippen molar-refractivity contribution in [3.63, 3.8) is 0 Å². The second kappa shape index (κ2) is 10.3. The largest absolute Gasteiger partial charge is 0.497 e. The molecule has 0 bridgehead atoms. The summed E-state index contributed by atoms with van der Waals surface area (Å²) in [5.74, 6) is -0.867. The van der Waals surface area contributed by atoms with Gasteiger partial charge < -0.3 is 15.0 Å². The van der Waals surface area contributed by atoms with Crippen molar-refractivity contribution in [2.24, 2.45) is 0 Å². The van der Waals surface area contributed by atoms with E-state index in [1.165, 1.54) is 23.5 Å². The lowest BCUT2D eigenvalue weighted by molar-refractivity contribution is -0.119. The minimum Gasteiger partial charge on any atom is -0.497 e. The monoisotopic (exact) mass is 537 g/mol. The Kier molecular flexibility index (Phi) is 6.54. The van der Waals surface area contributed by atoms with E-state index in [1.54, 1.807) is 36.3 Å². The van der Waals surface area contributed by atoms with Gasteiger partial charge in [0, 0.05) is 12.1 Å². The lowest BCUT2D eigenvalue weighted by Gasteiger charge is -2.42. The Bertz CT molecular complexity index is 1630. The Morgan fingerprint density at radius 1 is 0.974 bits per heavy atom. The lowest BCUT2D eigenvalue weighted by Crippen LogP contribution is -2.45. The molecule has 0 spiro atoms. The molecular weight excluding hydrogens is 513 g/mol. The number of carbonyl (C=O) groups excluding carboxylic acids is 2. The summed E-state index contributed by atoms with van der Waals surface area (Å²) in [7, 11) is 1.59. The summed E-state index contributed by atoms with van der Waals surface area (Å²) in [6.07, 6.45) is 0. The van der Waals surface area contributed by atoms with Gasteiger partial charge in [0.2, 0.25) is 5.91 Å². The first-order valence-corrected chi connectivity index (χ1v) is 13.3. The van der Waals surface area contributed by atoms with Crippen molar-refractivity contribution in [2.75, 3.05) is 12.4 Å². The van der Waals surface area contributed by atoms with E-state index < -0.39 is 12.0 Å². The number of thiazole rings is 1. The number of rotatable bonds is 6. The number of ether oxygens (including phenoxy) is 1. The van der Waals surface area contributed by atoms with Crippen LogP contribution in [0.1, 0.15) is 39.0 Å². The van der Waals surface area contributed by atoms with Gasteiger partial charge in [0.1, 0.15) is 11.6 Å². The van der Waals surface area contributed by atoms with Gasteiger partial charge in [0.05, 0.1) is 29.3 Å². The zero-order valence-electron chi connectivity index (χ0n) is 21.0. The number of methoxy groups -OCH3 is 1. The molecule has 2 amide bonds. The van der Waals surface area contributed by atoms with Crippen LogP contribution in [0.2, 0.25) is 0 Å². The van der Waals surface area contributed by atoms with Gasteiger partial charge in [-0.1, -0.05) is 65.9 Å². The Hall–Kier alpha value is -4.56. The number of hydrogen-bond donors (Lipinski definition) is 1. The molecular formula is C31H24FN3O3S. The van der Waals surface area contributed by atoms with Crippen LogP contribution in [0.15, 0.2) is 97.1 Å². The van der Waals surface area contributed by atoms with E-state index in [4.69, 9.17) is 4.74 Å². The first kappa shape index (κ1) is 24.8. The quantitative estimate of drug-likeness (QED) is 0.266. The van der Waals surface area contributed by atoms with Gasteiger partial charge in [0.25, 0.3) is 5.91 Å². The number of benzene rings is 4. The molecule has 4 aromatic carbocycles. The number of fused-ring (bicyclic) bond motifs is 2. The molecule has 0 fully saturated rings. The maximum Gasteiger partial charge on any atom is 0.255 e. The number of carbonyl (C=O) groups is 2. The zero-order valence-corrected chi connectivity index (χ0v) is 21.8. The predicted molar refractivity (Wildman–Crippen MR) is 149 cm³/mol. The normalized spacial score (nSPS) is 16.7. The van der Waals surface area contributed by atoms with Crippen molar-refractivity contribution >= 4 is 38.5 Å². The van der Waals surface area contributed by atoms with Gasteiger partial charge in [-0.2, -0.15) is 0 Å². The zero-order chi connectivity index (χ0) is 26.9. The van der Waals surface area contributed by atoms with Gasteiger partial charge in [-0.15, -0.1) is 0 Å². The summed E-state index contributed by atoms with van der Waals surface area (Å²) in [6, 6.07) is 27.7. The average molecular weight is 538 g/mol. The third-order valence-corrected chi connectivity index (χ3v) is 7.92. The molecule has 1 aromatic heterocycles. The number of hydrogen-bond acceptors (Lipinski definition) is 5. The highest BCUT2D eigenvalue weighted by Crippen LogP contribution is 2.44. The number of halogens is 1. The summed E-state index contributed by atoms with van der Waals surface area (Å²) < 4.78 is 20.0. The lowest BCUT2D eigenvalue weighted by atomic mass is 9.79. The number of nitrogens with one attached hydrogen (secondary N) is 1. The fourth-order valence-corrected chi connectivity index (χ4v) is 5.99. The molecule has 0 radical (unpaired) electrons. The molecule has 0 unspecified atom stereocenters. The molecule has 6 nitrogen and oxygen atoms in total. The van der Waals surface area contributed by atoms with E-state index in [9.17, 15) is 14.0 Å². The molecule has 1 aliphatic rings. The maximum absolute atomic E-state index is 14.1. The van der Waals surface area contributed by atoms with Crippen molar-refractivity contribution in [3.8, 4) is 5.75 Å².